The van der Waals surface area contributed by atoms with Crippen LogP contribution < -0.4 is 10.0 Å². The second-order valence-electron chi connectivity index (χ2n) is 10.8. The summed E-state index contributed by atoms with van der Waals surface area (Å²) >= 11 is 0.989. The third-order valence-electron chi connectivity index (χ3n) is 8.37. The normalized spacial score (nSPS) is 29.0. The van der Waals surface area contributed by atoms with Crippen molar-refractivity contribution >= 4 is 53.9 Å². The molecule has 3 heterocycles. The number of benzene rings is 1. The number of hydrogen-bond acceptors (Lipinski definition) is 8. The van der Waals surface area contributed by atoms with Gasteiger partial charge < -0.3 is 10.2 Å². The molecule has 1 aromatic carbocycles. The van der Waals surface area contributed by atoms with Crippen molar-refractivity contribution in [3.63, 3.8) is 0 Å². The molecule has 1 saturated heterocycles. The fraction of sp³-hybridized carbons (Fsp3) is 0.480. The first-order chi connectivity index (χ1) is 18.8. The van der Waals surface area contributed by atoms with E-state index in [4.69, 9.17) is 0 Å². The number of sulfonamides is 2. The Morgan fingerprint density at radius 3 is 2.50 bits per heavy atom. The summed E-state index contributed by atoms with van der Waals surface area (Å²) < 4.78 is 84.0. The SMILES string of the molecule is CS(=O)(=O)NCc1csc2c1S(=O)(=O)N=C(C1C(=O)[C@@H]3C4CCC(CC4)[C@@H]3N(Cc3ccc(F)cc3F)C1=O)N2. The second kappa shape index (κ2) is 9.67. The van der Waals surface area contributed by atoms with Crippen LogP contribution in [0.4, 0.5) is 13.8 Å². The van der Waals surface area contributed by atoms with Gasteiger partial charge in [-0.3, -0.25) is 9.59 Å². The fourth-order valence-electron chi connectivity index (χ4n) is 6.68. The summed E-state index contributed by atoms with van der Waals surface area (Å²) in [4.78, 5) is 29.2. The molecule has 2 aliphatic heterocycles. The van der Waals surface area contributed by atoms with Crippen LogP contribution in [0.3, 0.4) is 0 Å². The Hall–Kier alpha value is -2.75. The number of amidine groups is 1. The van der Waals surface area contributed by atoms with Crippen molar-refractivity contribution in [1.82, 2.24) is 9.62 Å². The van der Waals surface area contributed by atoms with Gasteiger partial charge in [0.05, 0.1) is 6.26 Å². The van der Waals surface area contributed by atoms with Gasteiger partial charge in [-0.1, -0.05) is 6.07 Å². The predicted octanol–water partition coefficient (Wildman–Crippen LogP) is 2.62. The van der Waals surface area contributed by atoms with Gasteiger partial charge >= 0.3 is 0 Å². The summed E-state index contributed by atoms with van der Waals surface area (Å²) in [6, 6.07) is 2.66. The van der Waals surface area contributed by atoms with Crippen molar-refractivity contribution in [3.8, 4) is 0 Å². The minimum atomic E-state index is -4.39. The quantitative estimate of drug-likeness (QED) is 0.478. The van der Waals surface area contributed by atoms with Gasteiger partial charge in [0.15, 0.2) is 11.7 Å². The number of piperidine rings is 1. The van der Waals surface area contributed by atoms with Crippen molar-refractivity contribution in [1.29, 1.82) is 0 Å². The Bertz CT molecular complexity index is 1660. The van der Waals surface area contributed by atoms with Crippen LogP contribution in [-0.2, 0) is 42.7 Å². The fourth-order valence-corrected chi connectivity index (χ4v) is 9.75. The van der Waals surface area contributed by atoms with E-state index in [-0.39, 0.29) is 51.8 Å². The van der Waals surface area contributed by atoms with E-state index in [1.54, 1.807) is 0 Å². The molecule has 214 valence electrons. The third-order valence-corrected chi connectivity index (χ3v) is 11.5. The number of Topliss-reactive ketones (excluding diaryl/α,β-unsaturated/α-hetero) is 1. The van der Waals surface area contributed by atoms with Crippen LogP contribution in [0.15, 0.2) is 32.9 Å². The first-order valence-corrected chi connectivity index (χ1v) is 17.0. The van der Waals surface area contributed by atoms with Crippen molar-refractivity contribution in [2.45, 2.75) is 49.7 Å². The lowest BCUT2D eigenvalue weighted by molar-refractivity contribution is -0.162. The topological polar surface area (TPSA) is 142 Å². The molecule has 1 unspecified atom stereocenters. The molecule has 4 fully saturated rings. The van der Waals surface area contributed by atoms with Crippen molar-refractivity contribution in [2.75, 3.05) is 11.6 Å². The minimum Gasteiger partial charge on any atom is -0.333 e. The molecule has 1 amide bonds. The van der Waals surface area contributed by atoms with Crippen LogP contribution in [0.25, 0.3) is 0 Å². The molecule has 3 saturated carbocycles. The molecule has 15 heteroatoms. The van der Waals surface area contributed by atoms with Crippen molar-refractivity contribution < 1.29 is 35.2 Å². The predicted molar refractivity (Wildman–Crippen MR) is 142 cm³/mol. The molecule has 0 spiro atoms. The molecular weight excluding hydrogens is 586 g/mol. The molecule has 3 atom stereocenters. The molecule has 3 aliphatic carbocycles. The highest BCUT2D eigenvalue weighted by molar-refractivity contribution is 7.91. The zero-order valence-corrected chi connectivity index (χ0v) is 23.7. The highest BCUT2D eigenvalue weighted by Gasteiger charge is 2.58. The summed E-state index contributed by atoms with van der Waals surface area (Å²) in [6.45, 7) is -0.466. The van der Waals surface area contributed by atoms with Crippen LogP contribution >= 0.6 is 11.3 Å². The number of hydrogen-bond donors (Lipinski definition) is 2. The highest BCUT2D eigenvalue weighted by atomic mass is 32.2. The minimum absolute atomic E-state index is 0.00503. The zero-order chi connectivity index (χ0) is 28.6. The first-order valence-electron chi connectivity index (χ1n) is 12.8. The Balaban J connectivity index is 1.38. The summed E-state index contributed by atoms with van der Waals surface area (Å²) in [7, 11) is -7.99. The van der Waals surface area contributed by atoms with E-state index in [1.807, 2.05) is 0 Å². The average molecular weight is 613 g/mol. The van der Waals surface area contributed by atoms with Crippen LogP contribution in [0.2, 0.25) is 0 Å². The van der Waals surface area contributed by atoms with Crippen LogP contribution in [-0.4, -0.2) is 51.6 Å². The molecule has 7 rings (SSSR count). The number of halogens is 2. The van der Waals surface area contributed by atoms with E-state index in [2.05, 4.69) is 14.4 Å². The van der Waals surface area contributed by atoms with E-state index in [1.165, 1.54) is 16.3 Å². The Morgan fingerprint density at radius 2 is 1.82 bits per heavy atom. The molecule has 5 aliphatic rings. The maximum absolute atomic E-state index is 14.7. The lowest BCUT2D eigenvalue weighted by Crippen LogP contribution is -2.66. The Labute approximate surface area is 234 Å². The summed E-state index contributed by atoms with van der Waals surface area (Å²) in [5, 5.41) is 4.46. The first kappa shape index (κ1) is 27.4. The second-order valence-corrected chi connectivity index (χ2v) is 15.1. The van der Waals surface area contributed by atoms with Gasteiger partial charge in [-0.15, -0.1) is 15.7 Å². The van der Waals surface area contributed by atoms with E-state index in [0.717, 1.165) is 55.4 Å². The van der Waals surface area contributed by atoms with Gasteiger partial charge in [0, 0.05) is 42.2 Å². The van der Waals surface area contributed by atoms with E-state index >= 15 is 0 Å². The third kappa shape index (κ3) is 4.65. The van der Waals surface area contributed by atoms with Crippen molar-refractivity contribution in [2.24, 2.45) is 28.1 Å². The Morgan fingerprint density at radius 1 is 1.12 bits per heavy atom. The van der Waals surface area contributed by atoms with Gasteiger partial charge in [0.2, 0.25) is 15.9 Å². The number of thiophene rings is 1. The van der Waals surface area contributed by atoms with E-state index < -0.39 is 61.2 Å². The van der Waals surface area contributed by atoms with Gasteiger partial charge in [-0.25, -0.2) is 21.9 Å². The number of carbonyl (C=O) groups excluding carboxylic acids is 2. The average Bonchev–Trinajstić information content (AvgIpc) is 3.30. The molecule has 2 N–H and O–H groups in total. The van der Waals surface area contributed by atoms with Crippen molar-refractivity contribution in [3.05, 3.63) is 46.3 Å². The lowest BCUT2D eigenvalue weighted by atomic mass is 9.57. The number of nitrogens with one attached hydrogen (secondary N) is 2. The number of ketones is 1. The monoisotopic (exact) mass is 612 g/mol. The number of likely N-dealkylation sites (tertiary alicyclic amines) is 1. The van der Waals surface area contributed by atoms with E-state index in [9.17, 15) is 35.2 Å². The number of carbonyl (C=O) groups is 2. The number of amides is 1. The van der Waals surface area contributed by atoms with Crippen LogP contribution in [0, 0.1) is 35.3 Å². The molecule has 2 aromatic rings. The molecule has 1 aromatic heterocycles. The molecule has 40 heavy (non-hydrogen) atoms. The molecule has 10 nitrogen and oxygen atoms in total. The molecule has 2 bridgehead atoms. The summed E-state index contributed by atoms with van der Waals surface area (Å²) in [6.07, 6.45) is 4.22. The number of fused-ring (bicyclic) bond motifs is 3. The van der Waals surface area contributed by atoms with Crippen LogP contribution in [0.5, 0.6) is 0 Å². The van der Waals surface area contributed by atoms with Gasteiger partial charge in [-0.05, 0) is 49.0 Å². The lowest BCUT2D eigenvalue weighted by Gasteiger charge is -2.55. The number of anilines is 1. The molecule has 0 radical (unpaired) electrons. The zero-order valence-electron chi connectivity index (χ0n) is 21.3. The molecular formula is C25H26F2N4O6S3. The van der Waals surface area contributed by atoms with Gasteiger partial charge in [0.1, 0.15) is 27.4 Å². The number of rotatable bonds is 6. The largest absolute Gasteiger partial charge is 0.333 e. The summed E-state index contributed by atoms with van der Waals surface area (Å²) in [5.41, 5.74) is 0.276. The van der Waals surface area contributed by atoms with Gasteiger partial charge in [0.25, 0.3) is 10.0 Å². The standard InChI is InChI=1S/C25H26F2N4O6S3/c1-39(34,35)28-9-15-11-38-24-22(15)40(36,37)30-23(29-24)19-21(32)18-12-2-4-13(5-3-12)20(18)31(25(19)33)10-14-6-7-16(26)8-17(14)27/h6-8,11-13,18-20,28H,2-5,9-10H2,1H3,(H,29,30)/t12?,13?,18-,19?,20+/m1/s1. The number of nitrogens with zero attached hydrogens (tertiary/aromatic N) is 2. The summed E-state index contributed by atoms with van der Waals surface area (Å²) in [5.74, 6) is -5.00. The maximum Gasteiger partial charge on any atom is 0.287 e. The highest BCUT2D eigenvalue weighted by Crippen LogP contribution is 2.51. The Kier molecular flexibility index (Phi) is 6.63. The smallest absolute Gasteiger partial charge is 0.287 e. The van der Waals surface area contributed by atoms with Gasteiger partial charge in [-0.2, -0.15) is 8.42 Å². The van der Waals surface area contributed by atoms with E-state index in [0.29, 0.717) is 0 Å². The maximum atomic E-state index is 14.7. The van der Waals surface area contributed by atoms with Crippen LogP contribution in [0.1, 0.15) is 36.8 Å².